The van der Waals surface area contributed by atoms with Gasteiger partial charge in [-0.15, -0.1) is 5.10 Å². The zero-order valence-corrected chi connectivity index (χ0v) is 21.3. The lowest BCUT2D eigenvalue weighted by Gasteiger charge is -2.37. The van der Waals surface area contributed by atoms with E-state index in [0.717, 1.165) is 74.5 Å². The number of imidazole rings is 1. The fourth-order valence-electron chi connectivity index (χ4n) is 5.25. The number of fused-ring (bicyclic) bond motifs is 1. The first-order chi connectivity index (χ1) is 17.5. The second kappa shape index (κ2) is 10.7. The van der Waals surface area contributed by atoms with Gasteiger partial charge in [-0.3, -0.25) is 4.79 Å². The molecule has 0 radical (unpaired) electrons. The molecule has 0 aromatic carbocycles. The highest BCUT2D eigenvalue weighted by atomic mass is 16.5. The molecule has 0 unspecified atom stereocenters. The van der Waals surface area contributed by atoms with Gasteiger partial charge in [0.25, 0.3) is 0 Å². The van der Waals surface area contributed by atoms with Crippen molar-refractivity contribution in [1.29, 1.82) is 0 Å². The van der Waals surface area contributed by atoms with Crippen molar-refractivity contribution >= 4 is 23.2 Å². The van der Waals surface area contributed by atoms with E-state index in [1.54, 1.807) is 10.7 Å². The van der Waals surface area contributed by atoms with Crippen LogP contribution in [0.15, 0.2) is 18.5 Å². The summed E-state index contributed by atoms with van der Waals surface area (Å²) >= 11 is 0. The molecule has 1 saturated carbocycles. The summed E-state index contributed by atoms with van der Waals surface area (Å²) in [5.41, 5.74) is 9.71. The molecule has 4 heterocycles. The van der Waals surface area contributed by atoms with E-state index < -0.39 is 0 Å². The van der Waals surface area contributed by atoms with E-state index in [1.165, 1.54) is 12.8 Å². The van der Waals surface area contributed by atoms with Gasteiger partial charge in [0.1, 0.15) is 5.82 Å². The minimum Gasteiger partial charge on any atom is -0.462 e. The number of hydrogen-bond acceptors (Lipinski definition) is 8. The number of carbonyl (C=O) groups is 1. The third kappa shape index (κ3) is 5.08. The molecule has 1 aliphatic carbocycles. The number of carbonyl (C=O) groups excluding carboxylic acids is 1. The minimum atomic E-state index is 0.245. The Morgan fingerprint density at radius 1 is 1.14 bits per heavy atom. The van der Waals surface area contributed by atoms with Gasteiger partial charge in [-0.2, -0.15) is 4.98 Å². The minimum absolute atomic E-state index is 0.245. The molecule has 10 nitrogen and oxygen atoms in total. The molecule has 3 aromatic rings. The average Bonchev–Trinajstić information content (AvgIpc) is 3.55. The predicted molar refractivity (Wildman–Crippen MR) is 138 cm³/mol. The zero-order chi connectivity index (χ0) is 25.1. The molecule has 2 fully saturated rings. The maximum atomic E-state index is 12.8. The maximum Gasteiger partial charge on any atom is 0.336 e. The molecule has 36 heavy (non-hydrogen) atoms. The van der Waals surface area contributed by atoms with Gasteiger partial charge in [0, 0.05) is 44.7 Å². The first kappa shape index (κ1) is 24.3. The number of ether oxygens (including phenoxy) is 1. The van der Waals surface area contributed by atoms with Crippen LogP contribution in [0.4, 0.5) is 11.6 Å². The highest BCUT2D eigenvalue weighted by Gasteiger charge is 2.30. The van der Waals surface area contributed by atoms with Gasteiger partial charge in [-0.1, -0.05) is 32.3 Å². The van der Waals surface area contributed by atoms with Crippen LogP contribution in [0.25, 0.3) is 5.65 Å². The number of nitrogens with zero attached hydrogens (tertiary/aromatic N) is 7. The van der Waals surface area contributed by atoms with Crippen molar-refractivity contribution in [1.82, 2.24) is 29.5 Å². The molecule has 1 saturated heterocycles. The van der Waals surface area contributed by atoms with E-state index in [9.17, 15) is 4.79 Å². The van der Waals surface area contributed by atoms with Crippen molar-refractivity contribution in [3.63, 3.8) is 0 Å². The molecule has 192 valence electrons. The van der Waals surface area contributed by atoms with Crippen LogP contribution in [0.2, 0.25) is 0 Å². The number of amides is 1. The van der Waals surface area contributed by atoms with Crippen molar-refractivity contribution < 1.29 is 9.53 Å². The van der Waals surface area contributed by atoms with Crippen molar-refractivity contribution in [3.8, 4) is 6.01 Å². The van der Waals surface area contributed by atoms with Crippen LogP contribution in [-0.2, 0) is 11.2 Å². The highest BCUT2D eigenvalue weighted by Crippen LogP contribution is 2.28. The van der Waals surface area contributed by atoms with Gasteiger partial charge >= 0.3 is 6.01 Å². The molecular weight excluding hydrogens is 456 g/mol. The quantitative estimate of drug-likeness (QED) is 0.477. The lowest BCUT2D eigenvalue weighted by atomic mass is 10.1. The molecule has 0 atom stereocenters. The number of nitrogens with two attached hydrogens (primary N) is 1. The van der Waals surface area contributed by atoms with Gasteiger partial charge < -0.3 is 20.3 Å². The van der Waals surface area contributed by atoms with Gasteiger partial charge in [0.05, 0.1) is 18.5 Å². The Hall–Kier alpha value is -3.43. The summed E-state index contributed by atoms with van der Waals surface area (Å²) in [4.78, 5) is 30.6. The predicted octanol–water partition coefficient (Wildman–Crippen LogP) is 3.02. The first-order valence-corrected chi connectivity index (χ1v) is 13.2. The van der Waals surface area contributed by atoms with Crippen LogP contribution >= 0.6 is 0 Å². The smallest absolute Gasteiger partial charge is 0.336 e. The number of rotatable bonds is 8. The fourth-order valence-corrected chi connectivity index (χ4v) is 5.25. The Balaban J connectivity index is 1.25. The van der Waals surface area contributed by atoms with E-state index >= 15 is 0 Å². The molecule has 1 amide bonds. The summed E-state index contributed by atoms with van der Waals surface area (Å²) in [5.74, 6) is 1.89. The number of unbranched alkanes of at least 4 members (excludes halogenated alkanes) is 1. The van der Waals surface area contributed by atoms with Crippen LogP contribution in [0.5, 0.6) is 6.01 Å². The third-order valence-electron chi connectivity index (χ3n) is 7.26. The normalized spacial score (nSPS) is 16.7. The van der Waals surface area contributed by atoms with E-state index in [0.29, 0.717) is 30.4 Å². The summed E-state index contributed by atoms with van der Waals surface area (Å²) in [6, 6.07) is 2.43. The van der Waals surface area contributed by atoms with Crippen LogP contribution in [0.3, 0.4) is 0 Å². The van der Waals surface area contributed by atoms with Gasteiger partial charge in [0.15, 0.2) is 11.5 Å². The molecule has 2 aliphatic rings. The number of anilines is 2. The number of pyridine rings is 1. The highest BCUT2D eigenvalue weighted by molar-refractivity contribution is 5.79. The zero-order valence-electron chi connectivity index (χ0n) is 21.3. The number of aromatic nitrogens is 5. The largest absolute Gasteiger partial charge is 0.462 e. The van der Waals surface area contributed by atoms with Crippen molar-refractivity contribution in [2.75, 3.05) is 43.4 Å². The third-order valence-corrected chi connectivity index (χ3v) is 7.26. The Labute approximate surface area is 211 Å². The summed E-state index contributed by atoms with van der Waals surface area (Å²) in [6.07, 6.45) is 10.8. The van der Waals surface area contributed by atoms with E-state index in [1.807, 2.05) is 6.20 Å². The maximum absolute atomic E-state index is 12.8. The topological polar surface area (TPSA) is 115 Å². The van der Waals surface area contributed by atoms with Crippen molar-refractivity contribution in [2.45, 2.75) is 58.8 Å². The molecular formula is C26H36N8O2. The van der Waals surface area contributed by atoms with Crippen LogP contribution in [0.1, 0.15) is 62.3 Å². The van der Waals surface area contributed by atoms with E-state index in [4.69, 9.17) is 15.5 Å². The standard InChI is InChI=1S/C26H36N8O2/c1-3-4-13-36-26-30-22(27)24-29-17-21(34(24)31-26)15-19-14-18(2)23(28-16-19)32-9-11-33(12-10-32)25(35)20-7-5-6-8-20/h14,16-17,20H,3-13,15H2,1-2H3,(H2,27,30,31). The number of nitrogen functional groups attached to an aromatic ring is 1. The Morgan fingerprint density at radius 3 is 2.64 bits per heavy atom. The number of aryl methyl sites for hydroxylation is 1. The summed E-state index contributed by atoms with van der Waals surface area (Å²) in [5, 5.41) is 4.51. The molecule has 10 heteroatoms. The van der Waals surface area contributed by atoms with Crippen LogP contribution < -0.4 is 15.4 Å². The monoisotopic (exact) mass is 492 g/mol. The molecule has 3 aromatic heterocycles. The van der Waals surface area contributed by atoms with Crippen molar-refractivity contribution in [3.05, 3.63) is 35.3 Å². The van der Waals surface area contributed by atoms with Gasteiger partial charge in [0.2, 0.25) is 5.91 Å². The van der Waals surface area contributed by atoms with Crippen LogP contribution in [0, 0.1) is 12.8 Å². The summed E-state index contributed by atoms with van der Waals surface area (Å²) < 4.78 is 7.39. The fraction of sp³-hybridized carbons (Fsp3) is 0.577. The first-order valence-electron chi connectivity index (χ1n) is 13.2. The lowest BCUT2D eigenvalue weighted by Crippen LogP contribution is -2.50. The summed E-state index contributed by atoms with van der Waals surface area (Å²) in [6.45, 7) is 7.92. The second-order valence-electron chi connectivity index (χ2n) is 9.92. The van der Waals surface area contributed by atoms with E-state index in [2.05, 4.69) is 44.8 Å². The molecule has 5 rings (SSSR count). The number of hydrogen-bond donors (Lipinski definition) is 1. The SMILES string of the molecule is CCCCOc1nc(N)c2ncc(Cc3cnc(N4CCN(C(=O)C5CCCC5)CC4)c(C)c3)n2n1. The molecule has 0 spiro atoms. The number of piperazine rings is 1. The summed E-state index contributed by atoms with van der Waals surface area (Å²) in [7, 11) is 0. The molecule has 1 aliphatic heterocycles. The van der Waals surface area contributed by atoms with E-state index in [-0.39, 0.29) is 11.9 Å². The average molecular weight is 493 g/mol. The van der Waals surface area contributed by atoms with Crippen molar-refractivity contribution in [2.24, 2.45) is 5.92 Å². The molecule has 0 bridgehead atoms. The molecule has 2 N–H and O–H groups in total. The van der Waals surface area contributed by atoms with Gasteiger partial charge in [-0.05, 0) is 37.3 Å². The Morgan fingerprint density at radius 2 is 1.92 bits per heavy atom. The Kier molecular flexibility index (Phi) is 7.20. The lowest BCUT2D eigenvalue weighted by molar-refractivity contribution is -0.135. The van der Waals surface area contributed by atoms with Crippen LogP contribution in [-0.4, -0.2) is 68.2 Å². The Bertz CT molecular complexity index is 1210. The second-order valence-corrected chi connectivity index (χ2v) is 9.92. The van der Waals surface area contributed by atoms with Gasteiger partial charge in [-0.25, -0.2) is 14.5 Å².